The van der Waals surface area contributed by atoms with E-state index in [1.165, 1.54) is 32.1 Å². The molecule has 0 aromatic carbocycles. The van der Waals surface area contributed by atoms with Crippen LogP contribution in [-0.2, 0) is 0 Å². The normalized spacial score (nSPS) is 23.1. The Morgan fingerprint density at radius 2 is 1.74 bits per heavy atom. The fraction of sp³-hybridized carbons (Fsp3) is 0.667. The van der Waals surface area contributed by atoms with E-state index in [1.54, 1.807) is 0 Å². The molecule has 3 heterocycles. The predicted molar refractivity (Wildman–Crippen MR) is 90.8 cm³/mol. The molecule has 0 radical (unpaired) electrons. The summed E-state index contributed by atoms with van der Waals surface area (Å²) in [6.07, 6.45) is 8.18. The second-order valence-corrected chi connectivity index (χ2v) is 6.98. The molecule has 0 unspecified atom stereocenters. The van der Waals surface area contributed by atoms with Gasteiger partial charge in [0.15, 0.2) is 0 Å². The summed E-state index contributed by atoms with van der Waals surface area (Å²) in [6, 6.07) is 4.64. The van der Waals surface area contributed by atoms with Crippen molar-refractivity contribution in [3.63, 3.8) is 0 Å². The fourth-order valence-electron chi connectivity index (χ4n) is 3.82. The van der Waals surface area contributed by atoms with Crippen molar-refractivity contribution in [2.45, 2.75) is 38.1 Å². The highest BCUT2D eigenvalue weighted by molar-refractivity contribution is 5.99. The third kappa shape index (κ3) is 3.20. The molecule has 1 aliphatic carbocycles. The van der Waals surface area contributed by atoms with Crippen LogP contribution < -0.4 is 4.90 Å². The quantitative estimate of drug-likeness (QED) is 0.855. The van der Waals surface area contributed by atoms with Crippen LogP contribution in [0.15, 0.2) is 18.3 Å². The molecule has 4 rings (SSSR count). The van der Waals surface area contributed by atoms with Crippen molar-refractivity contribution in [2.75, 3.05) is 44.2 Å². The molecule has 0 bridgehead atoms. The third-order valence-electron chi connectivity index (χ3n) is 5.34. The zero-order valence-corrected chi connectivity index (χ0v) is 13.8. The van der Waals surface area contributed by atoms with Crippen LogP contribution in [0.5, 0.6) is 0 Å². The fourth-order valence-corrected chi connectivity index (χ4v) is 3.82. The van der Waals surface area contributed by atoms with Crippen LogP contribution in [0.2, 0.25) is 0 Å². The lowest BCUT2D eigenvalue weighted by atomic mass is 10.1. The lowest BCUT2D eigenvalue weighted by molar-refractivity contribution is 0.0627. The van der Waals surface area contributed by atoms with Crippen LogP contribution in [0.1, 0.15) is 42.5 Å². The Morgan fingerprint density at radius 3 is 2.43 bits per heavy atom. The number of nitrogens with zero attached hydrogens (tertiary/aromatic N) is 4. The van der Waals surface area contributed by atoms with E-state index >= 15 is 0 Å². The molecule has 3 aliphatic rings. The Bertz CT molecular complexity index is 558. The van der Waals surface area contributed by atoms with E-state index in [0.29, 0.717) is 0 Å². The van der Waals surface area contributed by atoms with Gasteiger partial charge in [0.25, 0.3) is 5.91 Å². The van der Waals surface area contributed by atoms with Crippen LogP contribution in [-0.4, -0.2) is 66.0 Å². The SMILES string of the molecule is O=C(c1cccnc1N1CCCCC1)N1CCN(C2CC2)CC1. The molecule has 1 amide bonds. The van der Waals surface area contributed by atoms with Gasteiger partial charge in [0.2, 0.25) is 0 Å². The minimum atomic E-state index is 0.161. The maximum absolute atomic E-state index is 13.0. The van der Waals surface area contributed by atoms with E-state index in [4.69, 9.17) is 0 Å². The molecule has 0 atom stereocenters. The number of hydrogen-bond acceptors (Lipinski definition) is 4. The van der Waals surface area contributed by atoms with Gasteiger partial charge in [0.05, 0.1) is 5.56 Å². The molecule has 2 saturated heterocycles. The molecule has 1 aromatic heterocycles. The van der Waals surface area contributed by atoms with Gasteiger partial charge in [-0.2, -0.15) is 0 Å². The van der Waals surface area contributed by atoms with Gasteiger partial charge < -0.3 is 9.80 Å². The molecular formula is C18H26N4O. The molecule has 0 N–H and O–H groups in total. The van der Waals surface area contributed by atoms with Crippen molar-refractivity contribution in [1.29, 1.82) is 0 Å². The van der Waals surface area contributed by atoms with Crippen LogP contribution >= 0.6 is 0 Å². The van der Waals surface area contributed by atoms with Crippen molar-refractivity contribution in [3.8, 4) is 0 Å². The first kappa shape index (κ1) is 14.9. The van der Waals surface area contributed by atoms with E-state index in [-0.39, 0.29) is 5.91 Å². The monoisotopic (exact) mass is 314 g/mol. The first-order chi connectivity index (χ1) is 11.3. The van der Waals surface area contributed by atoms with Gasteiger partial charge in [-0.3, -0.25) is 9.69 Å². The Balaban J connectivity index is 1.47. The highest BCUT2D eigenvalue weighted by Gasteiger charge is 2.33. The average Bonchev–Trinajstić information content (AvgIpc) is 3.47. The van der Waals surface area contributed by atoms with Gasteiger partial charge in [0.1, 0.15) is 5.82 Å². The lowest BCUT2D eigenvalue weighted by Crippen LogP contribution is -2.49. The summed E-state index contributed by atoms with van der Waals surface area (Å²) < 4.78 is 0. The van der Waals surface area contributed by atoms with Gasteiger partial charge in [-0.15, -0.1) is 0 Å². The molecular weight excluding hydrogens is 288 g/mol. The molecule has 124 valence electrons. The van der Waals surface area contributed by atoms with Gasteiger partial charge in [0, 0.05) is 51.5 Å². The largest absolute Gasteiger partial charge is 0.356 e. The average molecular weight is 314 g/mol. The Morgan fingerprint density at radius 1 is 1.00 bits per heavy atom. The molecule has 23 heavy (non-hydrogen) atoms. The number of anilines is 1. The van der Waals surface area contributed by atoms with Gasteiger partial charge in [-0.1, -0.05) is 0 Å². The second kappa shape index (κ2) is 6.48. The van der Waals surface area contributed by atoms with E-state index in [0.717, 1.165) is 56.7 Å². The summed E-state index contributed by atoms with van der Waals surface area (Å²) in [5.74, 6) is 1.05. The minimum absolute atomic E-state index is 0.161. The number of rotatable bonds is 3. The van der Waals surface area contributed by atoms with Crippen molar-refractivity contribution >= 4 is 11.7 Å². The van der Waals surface area contributed by atoms with E-state index in [2.05, 4.69) is 14.8 Å². The van der Waals surface area contributed by atoms with Crippen LogP contribution in [0, 0.1) is 0 Å². The standard InChI is InChI=1S/C18H26N4O/c23-18(22-13-11-20(12-14-22)15-6-7-15)16-5-4-8-19-17(16)21-9-2-1-3-10-21/h4-5,8,15H,1-3,6-7,9-14H2. The number of carbonyl (C=O) groups excluding carboxylic acids is 1. The Hall–Kier alpha value is -1.62. The first-order valence-corrected chi connectivity index (χ1v) is 9.06. The van der Waals surface area contributed by atoms with E-state index in [9.17, 15) is 4.79 Å². The molecule has 2 aliphatic heterocycles. The topological polar surface area (TPSA) is 39.7 Å². The number of pyridine rings is 1. The number of carbonyl (C=O) groups is 1. The van der Waals surface area contributed by atoms with Crippen LogP contribution in [0.3, 0.4) is 0 Å². The Labute approximate surface area is 138 Å². The first-order valence-electron chi connectivity index (χ1n) is 9.06. The van der Waals surface area contributed by atoms with Crippen molar-refractivity contribution in [2.24, 2.45) is 0 Å². The predicted octanol–water partition coefficient (Wildman–Crippen LogP) is 1.99. The van der Waals surface area contributed by atoms with Crippen molar-refractivity contribution in [3.05, 3.63) is 23.9 Å². The zero-order chi connectivity index (χ0) is 15.6. The molecule has 5 nitrogen and oxygen atoms in total. The molecule has 0 spiro atoms. The molecule has 1 aromatic rings. The van der Waals surface area contributed by atoms with Gasteiger partial charge >= 0.3 is 0 Å². The summed E-state index contributed by atoms with van der Waals surface area (Å²) in [5.41, 5.74) is 0.786. The smallest absolute Gasteiger partial charge is 0.257 e. The number of piperazine rings is 1. The van der Waals surface area contributed by atoms with E-state index in [1.807, 2.05) is 23.2 Å². The zero-order valence-electron chi connectivity index (χ0n) is 13.8. The highest BCUT2D eigenvalue weighted by Crippen LogP contribution is 2.28. The Kier molecular flexibility index (Phi) is 4.21. The molecule has 5 heteroatoms. The maximum atomic E-state index is 13.0. The highest BCUT2D eigenvalue weighted by atomic mass is 16.2. The second-order valence-electron chi connectivity index (χ2n) is 6.98. The van der Waals surface area contributed by atoms with Crippen LogP contribution in [0.4, 0.5) is 5.82 Å². The summed E-state index contributed by atoms with van der Waals surface area (Å²) in [7, 11) is 0. The number of hydrogen-bond donors (Lipinski definition) is 0. The number of aromatic nitrogens is 1. The number of amides is 1. The summed E-state index contributed by atoms with van der Waals surface area (Å²) in [4.78, 5) is 24.4. The molecule has 1 saturated carbocycles. The minimum Gasteiger partial charge on any atom is -0.356 e. The van der Waals surface area contributed by atoms with Crippen molar-refractivity contribution < 1.29 is 4.79 Å². The molecule has 3 fully saturated rings. The summed E-state index contributed by atoms with van der Waals surface area (Å²) in [5, 5.41) is 0. The van der Waals surface area contributed by atoms with E-state index < -0.39 is 0 Å². The van der Waals surface area contributed by atoms with Gasteiger partial charge in [-0.25, -0.2) is 4.98 Å². The third-order valence-corrected chi connectivity index (χ3v) is 5.34. The van der Waals surface area contributed by atoms with Crippen LogP contribution in [0.25, 0.3) is 0 Å². The van der Waals surface area contributed by atoms with Gasteiger partial charge in [-0.05, 0) is 44.2 Å². The maximum Gasteiger partial charge on any atom is 0.257 e. The summed E-state index contributed by atoms with van der Waals surface area (Å²) in [6.45, 7) is 5.79. The lowest BCUT2D eigenvalue weighted by Gasteiger charge is -2.36. The number of piperidine rings is 1. The summed E-state index contributed by atoms with van der Waals surface area (Å²) >= 11 is 0. The van der Waals surface area contributed by atoms with Crippen molar-refractivity contribution in [1.82, 2.24) is 14.8 Å².